The van der Waals surface area contributed by atoms with Crippen LogP contribution in [0.2, 0.25) is 0 Å². The first-order valence-corrected chi connectivity index (χ1v) is 17.3. The van der Waals surface area contributed by atoms with Crippen LogP contribution in [0.15, 0.2) is 150 Å². The number of hydrogen-bond donors (Lipinski definition) is 0. The van der Waals surface area contributed by atoms with Crippen LogP contribution < -0.4 is 0 Å². The Hall–Kier alpha value is -7.25. The van der Waals surface area contributed by atoms with Crippen molar-refractivity contribution in [2.24, 2.45) is 0 Å². The summed E-state index contributed by atoms with van der Waals surface area (Å²) in [5, 5.41) is 10.5. The van der Waals surface area contributed by atoms with Crippen LogP contribution in [0.4, 0.5) is 0 Å². The second-order valence-electron chi connectivity index (χ2n) is 13.3. The van der Waals surface area contributed by atoms with Crippen LogP contribution in [-0.4, -0.2) is 29.3 Å². The minimum atomic E-state index is 0.394. The smallest absolute Gasteiger partial charge is 0.201 e. The lowest BCUT2D eigenvalue weighted by molar-refractivity contribution is 0.666. The Kier molecular flexibility index (Phi) is 5.38. The van der Waals surface area contributed by atoms with Crippen molar-refractivity contribution in [3.8, 4) is 34.4 Å². The number of rotatable bonds is 3. The first-order valence-electron chi connectivity index (χ1n) is 17.3. The molecule has 0 radical (unpaired) electrons. The Bertz CT molecular complexity index is 3420. The van der Waals surface area contributed by atoms with Crippen LogP contribution in [0, 0.1) is 0 Å². The fourth-order valence-electron chi connectivity index (χ4n) is 8.16. The molecule has 0 aliphatic rings. The third kappa shape index (κ3) is 3.76. The SMILES string of the molecule is c1ccc(-c2nc(-c3cc4c5cc6ccccc6c6cccc(c65)n5c6ccccc6c(c3)c45)nc(-c3ncc4oc5ccccc5c4n3)n2)cc1. The van der Waals surface area contributed by atoms with Gasteiger partial charge in [0, 0.05) is 38.1 Å². The zero-order valence-electron chi connectivity index (χ0n) is 27.4. The van der Waals surface area contributed by atoms with Gasteiger partial charge in [0.15, 0.2) is 23.1 Å². The Morgan fingerprint density at radius 1 is 0.423 bits per heavy atom. The summed E-state index contributed by atoms with van der Waals surface area (Å²) in [5.41, 5.74) is 7.41. The zero-order chi connectivity index (χ0) is 33.9. The molecule has 240 valence electrons. The predicted octanol–water partition coefficient (Wildman–Crippen LogP) is 11.0. The van der Waals surface area contributed by atoms with E-state index in [1.807, 2.05) is 54.6 Å². The first-order chi connectivity index (χ1) is 25.8. The Morgan fingerprint density at radius 3 is 1.98 bits per heavy atom. The van der Waals surface area contributed by atoms with E-state index < -0.39 is 0 Å². The number of hydrogen-bond acceptors (Lipinski definition) is 6. The molecule has 0 amide bonds. The highest BCUT2D eigenvalue weighted by atomic mass is 16.3. The van der Waals surface area contributed by atoms with Crippen LogP contribution in [0.5, 0.6) is 0 Å². The molecule has 0 bridgehead atoms. The minimum absolute atomic E-state index is 0.394. The van der Waals surface area contributed by atoms with E-state index in [9.17, 15) is 0 Å². The standard InChI is InChI=1S/C45H24N6O/c1-2-11-25(12-3-1)42-48-43(50-45(49-42)44-46-24-38-40(47-44)31-16-7-9-20-37(31)52-38)27-22-33-29-15-6-8-18-35(29)51-36-19-10-17-30-28-14-5-4-13-26(28)21-32(39(30)36)34(23-27)41(33)51/h1-24H. The van der Waals surface area contributed by atoms with E-state index in [0.29, 0.717) is 28.9 Å². The lowest BCUT2D eigenvalue weighted by Gasteiger charge is -2.16. The largest absolute Gasteiger partial charge is 0.453 e. The molecule has 5 heterocycles. The monoisotopic (exact) mass is 664 g/mol. The second kappa shape index (κ2) is 10.2. The van der Waals surface area contributed by atoms with Crippen LogP contribution in [0.25, 0.3) is 116 Å². The Morgan fingerprint density at radius 2 is 1.10 bits per heavy atom. The van der Waals surface area contributed by atoms with Crippen molar-refractivity contribution in [3.63, 3.8) is 0 Å². The summed E-state index contributed by atoms with van der Waals surface area (Å²) in [7, 11) is 0. The maximum absolute atomic E-state index is 6.03. The zero-order valence-corrected chi connectivity index (χ0v) is 27.4. The summed E-state index contributed by atoms with van der Waals surface area (Å²) in [5.74, 6) is 1.90. The van der Waals surface area contributed by atoms with E-state index in [0.717, 1.165) is 43.9 Å². The van der Waals surface area contributed by atoms with E-state index >= 15 is 0 Å². The second-order valence-corrected chi connectivity index (χ2v) is 13.3. The molecule has 0 aliphatic heterocycles. The maximum atomic E-state index is 6.03. The summed E-state index contributed by atoms with van der Waals surface area (Å²) in [6.07, 6.45) is 1.71. The predicted molar refractivity (Wildman–Crippen MR) is 209 cm³/mol. The van der Waals surface area contributed by atoms with Gasteiger partial charge in [0.05, 0.1) is 22.7 Å². The van der Waals surface area contributed by atoms with Gasteiger partial charge in [-0.15, -0.1) is 0 Å². The van der Waals surface area contributed by atoms with Crippen molar-refractivity contribution in [2.75, 3.05) is 0 Å². The summed E-state index contributed by atoms with van der Waals surface area (Å²) in [4.78, 5) is 24.9. The fourth-order valence-corrected chi connectivity index (χ4v) is 8.16. The summed E-state index contributed by atoms with van der Waals surface area (Å²) in [6.45, 7) is 0. The maximum Gasteiger partial charge on any atom is 0.201 e. The molecule has 5 aromatic heterocycles. The van der Waals surface area contributed by atoms with Crippen LogP contribution in [-0.2, 0) is 0 Å². The molecular formula is C45H24N6O. The average Bonchev–Trinajstić information content (AvgIpc) is 3.75. The highest BCUT2D eigenvalue weighted by Crippen LogP contribution is 2.44. The summed E-state index contributed by atoms with van der Waals surface area (Å²) in [6, 6.07) is 48.7. The van der Waals surface area contributed by atoms with Gasteiger partial charge in [-0.3, -0.25) is 0 Å². The molecule has 52 heavy (non-hydrogen) atoms. The molecule has 0 saturated heterocycles. The number of furan rings is 1. The van der Waals surface area contributed by atoms with Gasteiger partial charge in [0.1, 0.15) is 11.1 Å². The van der Waals surface area contributed by atoms with Gasteiger partial charge < -0.3 is 8.82 Å². The van der Waals surface area contributed by atoms with Gasteiger partial charge in [-0.25, -0.2) is 24.9 Å². The molecule has 12 aromatic rings. The van der Waals surface area contributed by atoms with E-state index in [1.165, 1.54) is 43.4 Å². The number of benzene rings is 7. The van der Waals surface area contributed by atoms with Crippen LogP contribution in [0.3, 0.4) is 0 Å². The third-order valence-electron chi connectivity index (χ3n) is 10.4. The molecule has 7 heteroatoms. The molecule has 0 atom stereocenters. The fraction of sp³-hybridized carbons (Fsp3) is 0. The van der Waals surface area contributed by atoms with Gasteiger partial charge in [-0.05, 0) is 64.0 Å². The number of nitrogens with zero attached hydrogens (tertiary/aromatic N) is 6. The molecule has 7 nitrogen and oxygen atoms in total. The molecule has 0 fully saturated rings. The Balaban J connectivity index is 1.20. The molecule has 7 aromatic carbocycles. The highest BCUT2D eigenvalue weighted by Gasteiger charge is 2.22. The average molecular weight is 665 g/mol. The van der Waals surface area contributed by atoms with Gasteiger partial charge in [-0.2, -0.15) is 0 Å². The normalized spacial score (nSPS) is 12.2. The van der Waals surface area contributed by atoms with E-state index in [-0.39, 0.29) is 0 Å². The van der Waals surface area contributed by atoms with E-state index in [4.69, 9.17) is 29.3 Å². The molecule has 12 rings (SSSR count). The minimum Gasteiger partial charge on any atom is -0.453 e. The van der Waals surface area contributed by atoms with Gasteiger partial charge >= 0.3 is 0 Å². The molecule has 0 saturated carbocycles. The lowest BCUT2D eigenvalue weighted by atomic mass is 9.93. The number of aromatic nitrogens is 6. The van der Waals surface area contributed by atoms with Crippen molar-refractivity contribution in [2.45, 2.75) is 0 Å². The quantitative estimate of drug-likeness (QED) is 0.138. The van der Waals surface area contributed by atoms with Gasteiger partial charge in [0.25, 0.3) is 0 Å². The number of pyridine rings is 1. The lowest BCUT2D eigenvalue weighted by Crippen LogP contribution is -2.02. The Labute approximate surface area is 294 Å². The van der Waals surface area contributed by atoms with Crippen molar-refractivity contribution in [3.05, 3.63) is 146 Å². The van der Waals surface area contributed by atoms with Crippen LogP contribution in [0.1, 0.15) is 0 Å². The van der Waals surface area contributed by atoms with Crippen molar-refractivity contribution in [1.82, 2.24) is 29.3 Å². The number of fused-ring (bicyclic) bond motifs is 10. The summed E-state index contributed by atoms with van der Waals surface area (Å²) < 4.78 is 8.46. The number of para-hydroxylation sites is 2. The summed E-state index contributed by atoms with van der Waals surface area (Å²) >= 11 is 0. The van der Waals surface area contributed by atoms with Gasteiger partial charge in [-0.1, -0.05) is 97.1 Å². The van der Waals surface area contributed by atoms with Gasteiger partial charge in [0.2, 0.25) is 5.82 Å². The molecule has 0 spiro atoms. The van der Waals surface area contributed by atoms with Crippen LogP contribution >= 0.6 is 0 Å². The molecule has 0 N–H and O–H groups in total. The van der Waals surface area contributed by atoms with E-state index in [2.05, 4.69) is 89.3 Å². The van der Waals surface area contributed by atoms with Crippen molar-refractivity contribution >= 4 is 81.7 Å². The third-order valence-corrected chi connectivity index (χ3v) is 10.4. The first kappa shape index (κ1) is 27.6. The van der Waals surface area contributed by atoms with Crippen molar-refractivity contribution in [1.29, 1.82) is 0 Å². The molecule has 0 aliphatic carbocycles. The topological polar surface area (TPSA) is 82.0 Å². The molecular weight excluding hydrogens is 641 g/mol. The molecule has 0 unspecified atom stereocenters. The van der Waals surface area contributed by atoms with Crippen molar-refractivity contribution < 1.29 is 4.42 Å². The van der Waals surface area contributed by atoms with E-state index in [1.54, 1.807) is 6.20 Å². The highest BCUT2D eigenvalue weighted by molar-refractivity contribution is 6.31.